The van der Waals surface area contributed by atoms with Gasteiger partial charge in [-0.15, -0.1) is 0 Å². The Labute approximate surface area is 112 Å². The second kappa shape index (κ2) is 4.70. The van der Waals surface area contributed by atoms with E-state index in [-0.39, 0.29) is 0 Å². The number of ether oxygens (including phenoxy) is 1. The van der Waals surface area contributed by atoms with Gasteiger partial charge in [-0.25, -0.2) is 8.42 Å². The largest absolute Gasteiger partial charge is 0.500 e. The molecule has 3 nitrogen and oxygen atoms in total. The van der Waals surface area contributed by atoms with Crippen molar-refractivity contribution >= 4 is 20.6 Å². The highest BCUT2D eigenvalue weighted by Gasteiger charge is 2.22. The van der Waals surface area contributed by atoms with Gasteiger partial charge in [-0.1, -0.05) is 30.3 Å². The van der Waals surface area contributed by atoms with Crippen LogP contribution in [0.5, 0.6) is 0 Å². The molecule has 0 N–H and O–H groups in total. The molecule has 2 aromatic carbocycles. The molecular weight excluding hydrogens is 260 g/mol. The molecule has 0 bridgehead atoms. The van der Waals surface area contributed by atoms with E-state index in [2.05, 4.69) is 0 Å². The summed E-state index contributed by atoms with van der Waals surface area (Å²) in [6.45, 7) is 0.594. The molecule has 0 atom stereocenters. The van der Waals surface area contributed by atoms with Crippen LogP contribution in [0.3, 0.4) is 0 Å². The highest BCUT2D eigenvalue weighted by Crippen LogP contribution is 2.27. The fraction of sp³-hybridized carbons (Fsp3) is 0.200. The minimum atomic E-state index is -3.42. The normalized spacial score (nSPS) is 15.9. The molecule has 1 aliphatic heterocycles. The maximum Gasteiger partial charge on any atom is 0.205 e. The Kier molecular flexibility index (Phi) is 3.03. The van der Waals surface area contributed by atoms with Crippen molar-refractivity contribution in [3.63, 3.8) is 0 Å². The van der Waals surface area contributed by atoms with Crippen LogP contribution in [0.1, 0.15) is 12.8 Å². The van der Waals surface area contributed by atoms with Crippen LogP contribution in [-0.4, -0.2) is 15.0 Å². The molecule has 19 heavy (non-hydrogen) atoms. The van der Waals surface area contributed by atoms with Gasteiger partial charge in [0.1, 0.15) is 0 Å². The zero-order valence-electron chi connectivity index (χ0n) is 10.4. The molecule has 2 aromatic rings. The Bertz CT molecular complexity index is 745. The van der Waals surface area contributed by atoms with Crippen molar-refractivity contribution < 1.29 is 13.2 Å². The maximum absolute atomic E-state index is 12.5. The van der Waals surface area contributed by atoms with Crippen LogP contribution >= 0.6 is 0 Å². The van der Waals surface area contributed by atoms with Gasteiger partial charge in [0, 0.05) is 0 Å². The molecule has 0 saturated carbocycles. The number of rotatable bonds is 2. The summed E-state index contributed by atoms with van der Waals surface area (Å²) in [4.78, 5) is 0.706. The maximum atomic E-state index is 12.5. The number of hydrogen-bond acceptors (Lipinski definition) is 3. The fourth-order valence-corrected chi connectivity index (χ4v) is 3.66. The third kappa shape index (κ3) is 2.24. The first-order chi connectivity index (χ1) is 9.18. The van der Waals surface area contributed by atoms with E-state index in [0.717, 1.165) is 17.2 Å². The Morgan fingerprint density at radius 1 is 1.00 bits per heavy atom. The SMILES string of the molecule is O=S(=O)(C1=COCCC1)c1ccc2ccccc2c1. The second-order valence-electron chi connectivity index (χ2n) is 4.57. The Morgan fingerprint density at radius 2 is 1.79 bits per heavy atom. The number of fused-ring (bicyclic) bond motifs is 1. The van der Waals surface area contributed by atoms with Crippen LogP contribution in [0, 0.1) is 0 Å². The standard InChI is InChI=1S/C15H14O3S/c16-19(17,15-6-3-9-18-11-15)14-8-7-12-4-1-2-5-13(12)10-14/h1-2,4-5,7-8,10-11H,3,6,9H2. The van der Waals surface area contributed by atoms with Crippen LogP contribution < -0.4 is 0 Å². The number of benzene rings is 2. The van der Waals surface area contributed by atoms with E-state index in [9.17, 15) is 8.42 Å². The van der Waals surface area contributed by atoms with Gasteiger partial charge < -0.3 is 4.74 Å². The minimum absolute atomic E-state index is 0.336. The molecular formula is C15H14O3S. The van der Waals surface area contributed by atoms with Crippen LogP contribution in [0.4, 0.5) is 0 Å². The van der Waals surface area contributed by atoms with E-state index < -0.39 is 9.84 Å². The second-order valence-corrected chi connectivity index (χ2v) is 6.57. The van der Waals surface area contributed by atoms with E-state index >= 15 is 0 Å². The van der Waals surface area contributed by atoms with Crippen molar-refractivity contribution in [2.24, 2.45) is 0 Å². The molecule has 4 heteroatoms. The number of sulfone groups is 1. The summed E-state index contributed by atoms with van der Waals surface area (Å²) in [6, 6.07) is 12.9. The molecule has 0 amide bonds. The molecule has 0 aliphatic carbocycles. The van der Waals surface area contributed by atoms with Crippen LogP contribution in [0.25, 0.3) is 10.8 Å². The summed E-state index contributed by atoms with van der Waals surface area (Å²) >= 11 is 0. The van der Waals surface area contributed by atoms with Gasteiger partial charge >= 0.3 is 0 Å². The smallest absolute Gasteiger partial charge is 0.205 e. The molecule has 0 saturated heterocycles. The van der Waals surface area contributed by atoms with Crippen molar-refractivity contribution in [3.8, 4) is 0 Å². The number of hydrogen-bond donors (Lipinski definition) is 0. The molecule has 3 rings (SSSR count). The predicted octanol–water partition coefficient (Wildman–Crippen LogP) is 3.27. The third-order valence-corrected chi connectivity index (χ3v) is 5.14. The van der Waals surface area contributed by atoms with Crippen LogP contribution in [0.15, 0.2) is 58.5 Å². The lowest BCUT2D eigenvalue weighted by molar-refractivity contribution is 0.228. The van der Waals surface area contributed by atoms with Crippen LogP contribution in [0.2, 0.25) is 0 Å². The third-order valence-electron chi connectivity index (χ3n) is 3.28. The lowest BCUT2D eigenvalue weighted by Crippen LogP contribution is -2.10. The first-order valence-corrected chi connectivity index (χ1v) is 7.71. The van der Waals surface area contributed by atoms with Crippen molar-refractivity contribution in [1.82, 2.24) is 0 Å². The van der Waals surface area contributed by atoms with Crippen molar-refractivity contribution in [3.05, 3.63) is 53.6 Å². The van der Waals surface area contributed by atoms with Gasteiger partial charge in [-0.2, -0.15) is 0 Å². The molecule has 0 aromatic heterocycles. The summed E-state index contributed by atoms with van der Waals surface area (Å²) in [6.07, 6.45) is 2.68. The van der Waals surface area contributed by atoms with Gasteiger partial charge in [-0.3, -0.25) is 0 Å². The van der Waals surface area contributed by atoms with Gasteiger partial charge in [0.15, 0.2) is 0 Å². The van der Waals surface area contributed by atoms with Crippen molar-refractivity contribution in [1.29, 1.82) is 0 Å². The quantitative estimate of drug-likeness (QED) is 0.844. The molecule has 1 aliphatic rings. The van der Waals surface area contributed by atoms with E-state index in [0.29, 0.717) is 22.8 Å². The first kappa shape index (κ1) is 12.2. The molecule has 1 heterocycles. The summed E-state index contributed by atoms with van der Waals surface area (Å²) in [5.74, 6) is 0. The predicted molar refractivity (Wildman–Crippen MR) is 74.4 cm³/mol. The van der Waals surface area contributed by atoms with E-state index in [1.54, 1.807) is 12.1 Å². The van der Waals surface area contributed by atoms with Gasteiger partial charge in [-0.05, 0) is 35.7 Å². The molecule has 0 fully saturated rings. The number of allylic oxidation sites excluding steroid dienone is 1. The van der Waals surface area contributed by atoms with E-state index in [1.807, 2.05) is 30.3 Å². The highest BCUT2D eigenvalue weighted by molar-refractivity contribution is 7.95. The molecule has 98 valence electrons. The Hall–Kier alpha value is -1.81. The molecule has 0 unspecified atom stereocenters. The molecule has 0 spiro atoms. The average molecular weight is 274 g/mol. The lowest BCUT2D eigenvalue weighted by Gasteiger charge is -2.14. The summed E-state index contributed by atoms with van der Waals surface area (Å²) in [5, 5.41) is 1.97. The van der Waals surface area contributed by atoms with E-state index in [1.165, 1.54) is 6.26 Å². The summed E-state index contributed by atoms with van der Waals surface area (Å²) < 4.78 is 30.1. The van der Waals surface area contributed by atoms with Gasteiger partial charge in [0.2, 0.25) is 9.84 Å². The van der Waals surface area contributed by atoms with Crippen molar-refractivity contribution in [2.45, 2.75) is 17.7 Å². The molecule has 0 radical (unpaired) electrons. The van der Waals surface area contributed by atoms with Crippen molar-refractivity contribution in [2.75, 3.05) is 6.61 Å². The zero-order valence-corrected chi connectivity index (χ0v) is 11.2. The lowest BCUT2D eigenvalue weighted by atomic mass is 10.1. The Morgan fingerprint density at radius 3 is 2.53 bits per heavy atom. The summed E-state index contributed by atoms with van der Waals surface area (Å²) in [5.41, 5.74) is 0. The minimum Gasteiger partial charge on any atom is -0.500 e. The highest BCUT2D eigenvalue weighted by atomic mass is 32.2. The average Bonchev–Trinajstić information content (AvgIpc) is 2.47. The van der Waals surface area contributed by atoms with Crippen LogP contribution in [-0.2, 0) is 14.6 Å². The Balaban J connectivity index is 2.10. The zero-order chi connectivity index (χ0) is 13.3. The first-order valence-electron chi connectivity index (χ1n) is 6.22. The van der Waals surface area contributed by atoms with E-state index in [4.69, 9.17) is 4.74 Å². The fourth-order valence-electron chi connectivity index (χ4n) is 2.22. The summed E-state index contributed by atoms with van der Waals surface area (Å²) in [7, 11) is -3.42. The van der Waals surface area contributed by atoms with Gasteiger partial charge in [0.05, 0.1) is 22.7 Å². The monoisotopic (exact) mass is 274 g/mol. The topological polar surface area (TPSA) is 43.4 Å². The van der Waals surface area contributed by atoms with Gasteiger partial charge in [0.25, 0.3) is 0 Å².